The highest BCUT2D eigenvalue weighted by Crippen LogP contribution is 2.33. The molecule has 7 heteroatoms. The first kappa shape index (κ1) is 20.1. The number of fused-ring (bicyclic) bond motifs is 1. The number of para-hydroxylation sites is 1. The van der Waals surface area contributed by atoms with E-state index in [1.165, 1.54) is 17.4 Å². The number of benzene rings is 2. The van der Waals surface area contributed by atoms with Crippen molar-refractivity contribution in [1.82, 2.24) is 9.97 Å². The first-order chi connectivity index (χ1) is 14.7. The highest BCUT2D eigenvalue weighted by molar-refractivity contribution is 7.22. The van der Waals surface area contributed by atoms with Crippen LogP contribution in [-0.2, 0) is 13.1 Å². The summed E-state index contributed by atoms with van der Waals surface area (Å²) >= 11 is 1.48. The number of hydrogen-bond donors (Lipinski definition) is 0. The SMILES string of the molecule is CCOc1cc(CN(Cc2cccnc2)c2nc3c(F)cccc3s2)ccc1OC. The van der Waals surface area contributed by atoms with Crippen LogP contribution in [0.4, 0.5) is 9.52 Å². The van der Waals surface area contributed by atoms with Gasteiger partial charge in [0.2, 0.25) is 0 Å². The van der Waals surface area contributed by atoms with E-state index in [-0.39, 0.29) is 5.82 Å². The lowest BCUT2D eigenvalue weighted by Gasteiger charge is -2.22. The van der Waals surface area contributed by atoms with Crippen LogP contribution in [0.1, 0.15) is 18.1 Å². The Labute approximate surface area is 178 Å². The predicted octanol–water partition coefficient (Wildman–Crippen LogP) is 5.44. The number of nitrogens with zero attached hydrogens (tertiary/aromatic N) is 3. The molecule has 0 radical (unpaired) electrons. The van der Waals surface area contributed by atoms with Crippen molar-refractivity contribution < 1.29 is 13.9 Å². The van der Waals surface area contributed by atoms with Gasteiger partial charge in [0.25, 0.3) is 0 Å². The second-order valence-corrected chi connectivity index (χ2v) is 7.73. The minimum Gasteiger partial charge on any atom is -0.493 e. The maximum absolute atomic E-state index is 14.2. The lowest BCUT2D eigenvalue weighted by Crippen LogP contribution is -2.22. The van der Waals surface area contributed by atoms with Crippen LogP contribution in [0.2, 0.25) is 0 Å². The zero-order valence-corrected chi connectivity index (χ0v) is 17.7. The first-order valence-electron chi connectivity index (χ1n) is 9.66. The quantitative estimate of drug-likeness (QED) is 0.377. The molecule has 0 N–H and O–H groups in total. The van der Waals surface area contributed by atoms with E-state index in [4.69, 9.17) is 9.47 Å². The Balaban J connectivity index is 1.70. The molecule has 0 saturated heterocycles. The molecule has 154 valence electrons. The molecule has 30 heavy (non-hydrogen) atoms. The standard InChI is InChI=1S/C23H22FN3O2S/c1-3-29-20-12-16(9-10-19(20)28-2)14-27(15-17-6-5-11-25-13-17)23-26-22-18(24)7-4-8-21(22)30-23/h4-13H,3,14-15H2,1-2H3. The summed E-state index contributed by atoms with van der Waals surface area (Å²) < 4.78 is 26.2. The molecule has 0 amide bonds. The van der Waals surface area contributed by atoms with Crippen molar-refractivity contribution in [2.75, 3.05) is 18.6 Å². The van der Waals surface area contributed by atoms with Gasteiger partial charge in [-0.1, -0.05) is 29.5 Å². The molecule has 4 aromatic rings. The summed E-state index contributed by atoms with van der Waals surface area (Å²) in [5.74, 6) is 1.09. The van der Waals surface area contributed by atoms with Gasteiger partial charge in [0, 0.05) is 25.5 Å². The number of hydrogen-bond acceptors (Lipinski definition) is 6. The number of methoxy groups -OCH3 is 1. The van der Waals surface area contributed by atoms with Gasteiger partial charge in [-0.2, -0.15) is 0 Å². The van der Waals surface area contributed by atoms with Crippen molar-refractivity contribution in [2.24, 2.45) is 0 Å². The van der Waals surface area contributed by atoms with Crippen LogP contribution in [0.3, 0.4) is 0 Å². The highest BCUT2D eigenvalue weighted by Gasteiger charge is 2.17. The molecule has 2 aromatic heterocycles. The minimum absolute atomic E-state index is 0.306. The Kier molecular flexibility index (Phi) is 6.09. The molecule has 2 aromatic carbocycles. The summed E-state index contributed by atoms with van der Waals surface area (Å²) in [6, 6.07) is 14.9. The molecule has 0 spiro atoms. The van der Waals surface area contributed by atoms with Gasteiger partial charge in [-0.25, -0.2) is 9.37 Å². The van der Waals surface area contributed by atoms with Gasteiger partial charge in [-0.3, -0.25) is 4.98 Å². The van der Waals surface area contributed by atoms with E-state index in [1.807, 2.05) is 49.5 Å². The minimum atomic E-state index is -0.306. The van der Waals surface area contributed by atoms with Gasteiger partial charge >= 0.3 is 0 Å². The van der Waals surface area contributed by atoms with Gasteiger partial charge in [0.15, 0.2) is 16.6 Å². The molecule has 0 atom stereocenters. The number of aromatic nitrogens is 2. The van der Waals surface area contributed by atoms with E-state index in [0.29, 0.717) is 36.7 Å². The molecule has 0 aliphatic carbocycles. The topological polar surface area (TPSA) is 47.5 Å². The third-order valence-corrected chi connectivity index (χ3v) is 5.71. The summed E-state index contributed by atoms with van der Waals surface area (Å²) in [7, 11) is 1.63. The average molecular weight is 424 g/mol. The van der Waals surface area contributed by atoms with Crippen LogP contribution in [0, 0.1) is 5.82 Å². The maximum atomic E-state index is 14.2. The van der Waals surface area contributed by atoms with Crippen molar-refractivity contribution in [2.45, 2.75) is 20.0 Å². The molecule has 5 nitrogen and oxygen atoms in total. The number of halogens is 1. The summed E-state index contributed by atoms with van der Waals surface area (Å²) in [5.41, 5.74) is 2.50. The molecule has 0 unspecified atom stereocenters. The van der Waals surface area contributed by atoms with Crippen LogP contribution in [0.5, 0.6) is 11.5 Å². The number of rotatable bonds is 8. The van der Waals surface area contributed by atoms with E-state index in [1.54, 1.807) is 19.4 Å². The van der Waals surface area contributed by atoms with Crippen molar-refractivity contribution >= 4 is 26.7 Å². The van der Waals surface area contributed by atoms with Crippen LogP contribution >= 0.6 is 11.3 Å². The lowest BCUT2D eigenvalue weighted by molar-refractivity contribution is 0.310. The highest BCUT2D eigenvalue weighted by atomic mass is 32.1. The summed E-state index contributed by atoms with van der Waals surface area (Å²) in [4.78, 5) is 10.9. The number of thiazole rings is 1. The molecule has 0 aliphatic heterocycles. The second-order valence-electron chi connectivity index (χ2n) is 6.72. The zero-order chi connectivity index (χ0) is 20.9. The van der Waals surface area contributed by atoms with Gasteiger partial charge < -0.3 is 14.4 Å². The molecule has 2 heterocycles. The van der Waals surface area contributed by atoms with Gasteiger partial charge in [0.05, 0.1) is 18.4 Å². The summed E-state index contributed by atoms with van der Waals surface area (Å²) in [5, 5.41) is 0.757. The van der Waals surface area contributed by atoms with E-state index in [0.717, 1.165) is 21.0 Å². The van der Waals surface area contributed by atoms with Crippen LogP contribution in [0.15, 0.2) is 60.9 Å². The monoisotopic (exact) mass is 423 g/mol. The fourth-order valence-electron chi connectivity index (χ4n) is 3.25. The Hall–Kier alpha value is -3.19. The van der Waals surface area contributed by atoms with Crippen molar-refractivity contribution in [3.63, 3.8) is 0 Å². The molecule has 0 fully saturated rings. The Morgan fingerprint density at radius 3 is 2.63 bits per heavy atom. The van der Waals surface area contributed by atoms with E-state index in [2.05, 4.69) is 14.9 Å². The Morgan fingerprint density at radius 2 is 1.90 bits per heavy atom. The molecule has 0 aliphatic rings. The first-order valence-corrected chi connectivity index (χ1v) is 10.5. The summed E-state index contributed by atoms with van der Waals surface area (Å²) in [6.45, 7) is 3.68. The molecule has 0 bridgehead atoms. The zero-order valence-electron chi connectivity index (χ0n) is 16.8. The number of pyridine rings is 1. The number of anilines is 1. The van der Waals surface area contributed by atoms with Crippen molar-refractivity contribution in [3.8, 4) is 11.5 Å². The average Bonchev–Trinajstić information content (AvgIpc) is 3.20. The smallest absolute Gasteiger partial charge is 0.187 e. The van der Waals surface area contributed by atoms with E-state index < -0.39 is 0 Å². The van der Waals surface area contributed by atoms with Crippen molar-refractivity contribution in [1.29, 1.82) is 0 Å². The predicted molar refractivity (Wildman–Crippen MR) is 118 cm³/mol. The van der Waals surface area contributed by atoms with E-state index >= 15 is 0 Å². The Bertz CT molecular complexity index is 1130. The molecule has 0 saturated carbocycles. The lowest BCUT2D eigenvalue weighted by atomic mass is 10.1. The fourth-order valence-corrected chi connectivity index (χ4v) is 4.23. The normalized spacial score (nSPS) is 10.9. The third-order valence-electron chi connectivity index (χ3n) is 4.63. The molecular weight excluding hydrogens is 401 g/mol. The molecule has 4 rings (SSSR count). The fraction of sp³-hybridized carbons (Fsp3) is 0.217. The van der Waals surface area contributed by atoms with Gasteiger partial charge in [-0.05, 0) is 48.4 Å². The summed E-state index contributed by atoms with van der Waals surface area (Å²) in [6.07, 6.45) is 3.58. The maximum Gasteiger partial charge on any atom is 0.187 e. The third kappa shape index (κ3) is 4.36. The number of ether oxygens (including phenoxy) is 2. The van der Waals surface area contributed by atoms with Crippen LogP contribution < -0.4 is 14.4 Å². The Morgan fingerprint density at radius 1 is 1.03 bits per heavy atom. The second kappa shape index (κ2) is 9.09. The van der Waals surface area contributed by atoms with Gasteiger partial charge in [0.1, 0.15) is 11.3 Å². The van der Waals surface area contributed by atoms with Crippen LogP contribution in [-0.4, -0.2) is 23.7 Å². The van der Waals surface area contributed by atoms with Gasteiger partial charge in [-0.15, -0.1) is 0 Å². The van der Waals surface area contributed by atoms with Crippen molar-refractivity contribution in [3.05, 3.63) is 77.9 Å². The van der Waals surface area contributed by atoms with E-state index in [9.17, 15) is 4.39 Å². The van der Waals surface area contributed by atoms with Crippen LogP contribution in [0.25, 0.3) is 10.2 Å². The largest absolute Gasteiger partial charge is 0.493 e. The molecular formula is C23H22FN3O2S.